The number of nitrogens with one attached hydrogen (secondary N) is 3. The van der Waals surface area contributed by atoms with Gasteiger partial charge in [-0.05, 0) is 73.7 Å². The maximum Gasteiger partial charge on any atom is 0.257 e. The molecular weight excluding hydrogens is 424 g/mol. The van der Waals surface area contributed by atoms with Gasteiger partial charge in [-0.3, -0.25) is 10.1 Å². The summed E-state index contributed by atoms with van der Waals surface area (Å²) in [7, 11) is 1.57. The Bertz CT molecular complexity index is 1230. The number of imidazole rings is 1. The zero-order chi connectivity index (χ0) is 22.5. The van der Waals surface area contributed by atoms with E-state index in [-0.39, 0.29) is 11.0 Å². The maximum absolute atomic E-state index is 12.5. The van der Waals surface area contributed by atoms with E-state index in [0.717, 1.165) is 22.4 Å². The summed E-state index contributed by atoms with van der Waals surface area (Å²) in [5.74, 6) is 1.69. The van der Waals surface area contributed by atoms with Crippen LogP contribution in [-0.4, -0.2) is 34.7 Å². The quantitative estimate of drug-likeness (QED) is 0.370. The van der Waals surface area contributed by atoms with E-state index >= 15 is 0 Å². The number of amides is 1. The van der Waals surface area contributed by atoms with Crippen LogP contribution >= 0.6 is 12.2 Å². The average molecular weight is 447 g/mol. The van der Waals surface area contributed by atoms with E-state index in [9.17, 15) is 4.79 Å². The van der Waals surface area contributed by atoms with Gasteiger partial charge in [0.15, 0.2) is 5.11 Å². The topological polar surface area (TPSA) is 88.3 Å². The lowest BCUT2D eigenvalue weighted by Crippen LogP contribution is -2.34. The van der Waals surface area contributed by atoms with E-state index in [1.165, 1.54) is 0 Å². The van der Waals surface area contributed by atoms with E-state index in [4.69, 9.17) is 21.7 Å². The van der Waals surface area contributed by atoms with E-state index in [1.807, 2.05) is 49.4 Å². The van der Waals surface area contributed by atoms with Crippen LogP contribution in [0.2, 0.25) is 0 Å². The molecule has 4 rings (SSSR count). The highest BCUT2D eigenvalue weighted by Gasteiger charge is 2.13. The number of fused-ring (bicyclic) bond motifs is 1. The summed E-state index contributed by atoms with van der Waals surface area (Å²) in [6.07, 6.45) is 0. The lowest BCUT2D eigenvalue weighted by molar-refractivity contribution is 0.0977. The number of anilines is 1. The SMILES string of the molecule is CCOc1ccc(C(=O)NC(=S)Nc2cc(-c3nc4ccccc4[nH]3)ccc2OC)cc1. The van der Waals surface area contributed by atoms with Gasteiger partial charge in [0.2, 0.25) is 0 Å². The first kappa shape index (κ1) is 21.3. The number of methoxy groups -OCH3 is 1. The van der Waals surface area contributed by atoms with Crippen LogP contribution in [0, 0.1) is 0 Å². The molecule has 0 fully saturated rings. The van der Waals surface area contributed by atoms with Crippen LogP contribution in [0.1, 0.15) is 17.3 Å². The van der Waals surface area contributed by atoms with Gasteiger partial charge in [-0.1, -0.05) is 12.1 Å². The molecule has 1 aromatic heterocycles. The van der Waals surface area contributed by atoms with Crippen molar-refractivity contribution < 1.29 is 14.3 Å². The van der Waals surface area contributed by atoms with Gasteiger partial charge in [-0.25, -0.2) is 4.98 Å². The maximum atomic E-state index is 12.5. The van der Waals surface area contributed by atoms with Crippen LogP contribution in [-0.2, 0) is 0 Å². The second-order valence-corrected chi connectivity index (χ2v) is 7.29. The monoisotopic (exact) mass is 446 g/mol. The van der Waals surface area contributed by atoms with Crippen LogP contribution in [0.3, 0.4) is 0 Å². The molecule has 0 saturated heterocycles. The molecule has 0 saturated carbocycles. The van der Waals surface area contributed by atoms with Crippen molar-refractivity contribution in [2.75, 3.05) is 19.0 Å². The summed E-state index contributed by atoms with van der Waals surface area (Å²) < 4.78 is 10.8. The molecule has 4 aromatic rings. The molecule has 7 nitrogen and oxygen atoms in total. The molecular formula is C24H22N4O3S. The Hall–Kier alpha value is -3.91. The van der Waals surface area contributed by atoms with Crippen molar-refractivity contribution >= 4 is 40.0 Å². The first-order valence-electron chi connectivity index (χ1n) is 10.1. The number of nitrogens with zero attached hydrogens (tertiary/aromatic N) is 1. The molecule has 3 N–H and O–H groups in total. The van der Waals surface area contributed by atoms with Gasteiger partial charge in [-0.2, -0.15) is 0 Å². The van der Waals surface area contributed by atoms with Gasteiger partial charge in [0, 0.05) is 11.1 Å². The van der Waals surface area contributed by atoms with Crippen molar-refractivity contribution in [2.24, 2.45) is 0 Å². The van der Waals surface area contributed by atoms with Crippen molar-refractivity contribution in [1.29, 1.82) is 0 Å². The number of H-pyrrole nitrogens is 1. The first-order chi connectivity index (χ1) is 15.6. The summed E-state index contributed by atoms with van der Waals surface area (Å²) in [6.45, 7) is 2.47. The molecule has 0 aliphatic rings. The molecule has 3 aromatic carbocycles. The number of ether oxygens (including phenoxy) is 2. The first-order valence-corrected chi connectivity index (χ1v) is 10.5. The van der Waals surface area contributed by atoms with Gasteiger partial charge in [0.25, 0.3) is 5.91 Å². The molecule has 0 aliphatic carbocycles. The second kappa shape index (κ2) is 9.49. The molecule has 32 heavy (non-hydrogen) atoms. The summed E-state index contributed by atoms with van der Waals surface area (Å²) in [5.41, 5.74) is 3.77. The zero-order valence-electron chi connectivity index (χ0n) is 17.6. The number of aromatic nitrogens is 2. The second-order valence-electron chi connectivity index (χ2n) is 6.88. The van der Waals surface area contributed by atoms with Crippen molar-refractivity contribution in [3.8, 4) is 22.9 Å². The fourth-order valence-corrected chi connectivity index (χ4v) is 3.44. The Balaban J connectivity index is 1.50. The predicted octanol–water partition coefficient (Wildman–Crippen LogP) is 4.76. The van der Waals surface area contributed by atoms with Gasteiger partial charge in [0.05, 0.1) is 30.4 Å². The number of thiocarbonyl (C=S) groups is 1. The smallest absolute Gasteiger partial charge is 0.257 e. The average Bonchev–Trinajstić information content (AvgIpc) is 3.24. The van der Waals surface area contributed by atoms with E-state index in [0.29, 0.717) is 29.4 Å². The van der Waals surface area contributed by atoms with Crippen molar-refractivity contribution in [1.82, 2.24) is 15.3 Å². The molecule has 8 heteroatoms. The number of rotatable bonds is 6. The third kappa shape index (κ3) is 4.70. The van der Waals surface area contributed by atoms with E-state index in [1.54, 1.807) is 31.4 Å². The third-order valence-corrected chi connectivity index (χ3v) is 4.97. The highest BCUT2D eigenvalue weighted by atomic mass is 32.1. The molecule has 0 radical (unpaired) electrons. The number of carbonyl (C=O) groups excluding carboxylic acids is 1. The van der Waals surface area contributed by atoms with Crippen LogP contribution in [0.4, 0.5) is 5.69 Å². The van der Waals surface area contributed by atoms with E-state index < -0.39 is 0 Å². The molecule has 0 atom stereocenters. The number of benzene rings is 3. The molecule has 1 amide bonds. The lowest BCUT2D eigenvalue weighted by Gasteiger charge is -2.14. The van der Waals surface area contributed by atoms with Crippen LogP contribution in [0.25, 0.3) is 22.4 Å². The Morgan fingerprint density at radius 1 is 1.09 bits per heavy atom. The standard InChI is InChI=1S/C24H22N4O3S/c1-3-31-17-11-8-15(9-12-17)23(29)28-24(32)27-20-14-16(10-13-21(20)30-2)22-25-18-6-4-5-7-19(18)26-22/h4-14H,3H2,1-2H3,(H,25,26)(H2,27,28,29,32). The third-order valence-electron chi connectivity index (χ3n) is 4.77. The summed E-state index contributed by atoms with van der Waals surface area (Å²) in [5, 5.41) is 5.89. The minimum absolute atomic E-state index is 0.156. The minimum Gasteiger partial charge on any atom is -0.495 e. The highest BCUT2D eigenvalue weighted by Crippen LogP contribution is 2.30. The number of para-hydroxylation sites is 2. The van der Waals surface area contributed by atoms with Crippen LogP contribution < -0.4 is 20.1 Å². The number of carbonyl (C=O) groups is 1. The number of hydrogen-bond donors (Lipinski definition) is 3. The van der Waals surface area contributed by atoms with Crippen LogP contribution in [0.15, 0.2) is 66.7 Å². The largest absolute Gasteiger partial charge is 0.495 e. The predicted molar refractivity (Wildman–Crippen MR) is 129 cm³/mol. The molecule has 0 bridgehead atoms. The number of aromatic amines is 1. The van der Waals surface area contributed by atoms with Gasteiger partial charge in [0.1, 0.15) is 17.3 Å². The van der Waals surface area contributed by atoms with Crippen molar-refractivity contribution in [3.63, 3.8) is 0 Å². The van der Waals surface area contributed by atoms with Crippen molar-refractivity contribution in [2.45, 2.75) is 6.92 Å². The summed E-state index contributed by atoms with van der Waals surface area (Å²) in [6, 6.07) is 20.3. The Kier molecular flexibility index (Phi) is 6.32. The molecule has 162 valence electrons. The Morgan fingerprint density at radius 2 is 1.88 bits per heavy atom. The Labute approximate surface area is 190 Å². The summed E-state index contributed by atoms with van der Waals surface area (Å²) >= 11 is 5.35. The van der Waals surface area contributed by atoms with Crippen molar-refractivity contribution in [3.05, 3.63) is 72.3 Å². The van der Waals surface area contributed by atoms with Crippen LogP contribution in [0.5, 0.6) is 11.5 Å². The molecule has 0 unspecified atom stereocenters. The minimum atomic E-state index is -0.321. The Morgan fingerprint density at radius 3 is 2.59 bits per heavy atom. The zero-order valence-corrected chi connectivity index (χ0v) is 18.5. The number of hydrogen-bond acceptors (Lipinski definition) is 5. The van der Waals surface area contributed by atoms with E-state index in [2.05, 4.69) is 20.6 Å². The molecule has 0 spiro atoms. The summed E-state index contributed by atoms with van der Waals surface area (Å²) in [4.78, 5) is 20.5. The van der Waals surface area contributed by atoms with Gasteiger partial charge in [-0.15, -0.1) is 0 Å². The lowest BCUT2D eigenvalue weighted by atomic mass is 10.1. The molecule has 0 aliphatic heterocycles. The fourth-order valence-electron chi connectivity index (χ4n) is 3.24. The van der Waals surface area contributed by atoms with Gasteiger partial charge >= 0.3 is 0 Å². The highest BCUT2D eigenvalue weighted by molar-refractivity contribution is 7.80. The fraction of sp³-hybridized carbons (Fsp3) is 0.125. The normalized spacial score (nSPS) is 10.6. The van der Waals surface area contributed by atoms with Gasteiger partial charge < -0.3 is 19.8 Å². The molecule has 1 heterocycles.